The molecule has 0 unspecified atom stereocenters. The predicted octanol–water partition coefficient (Wildman–Crippen LogP) is 2.30. The highest BCUT2D eigenvalue weighted by atomic mass is 35.5. The number of rotatable bonds is 7. The minimum absolute atomic E-state index is 0.435. The van der Waals surface area contributed by atoms with Crippen molar-refractivity contribution in [2.45, 2.75) is 26.1 Å². The number of likely N-dealkylation sites (N-methyl/N-ethyl adjacent to an activating group) is 1. The smallest absolute Gasteiger partial charge is 0.225 e. The molecule has 0 spiro atoms. The average molecular weight is 271 g/mol. The third-order valence-electron chi connectivity index (χ3n) is 2.63. The van der Waals surface area contributed by atoms with Crippen LogP contribution in [0.1, 0.15) is 24.7 Å². The molecule has 0 saturated heterocycles. The lowest BCUT2D eigenvalue weighted by Gasteiger charge is -2.24. The Morgan fingerprint density at radius 2 is 1.89 bits per heavy atom. The first kappa shape index (κ1) is 15.2. The van der Waals surface area contributed by atoms with E-state index in [9.17, 15) is 0 Å². The van der Waals surface area contributed by atoms with E-state index < -0.39 is 0 Å². The van der Waals surface area contributed by atoms with Crippen molar-refractivity contribution in [1.82, 2.24) is 14.9 Å². The summed E-state index contributed by atoms with van der Waals surface area (Å²) in [7, 11) is 4.15. The molecular weight excluding hydrogens is 248 g/mol. The topological polar surface area (TPSA) is 32.3 Å². The van der Waals surface area contributed by atoms with E-state index in [-0.39, 0.29) is 0 Å². The number of hydrogen-bond donors (Lipinski definition) is 0. The largest absolute Gasteiger partial charge is 0.340 e. The van der Waals surface area contributed by atoms with Gasteiger partial charge in [-0.3, -0.25) is 0 Å². The molecule has 4 nitrogen and oxygen atoms in total. The quantitative estimate of drug-likeness (QED) is 0.712. The molecule has 102 valence electrons. The number of hydrogen-bond acceptors (Lipinski definition) is 4. The van der Waals surface area contributed by atoms with E-state index in [1.807, 2.05) is 13.0 Å². The Hall–Kier alpha value is -0.870. The molecule has 18 heavy (non-hydrogen) atoms. The summed E-state index contributed by atoms with van der Waals surface area (Å²) < 4.78 is 0. The molecule has 5 heteroatoms. The van der Waals surface area contributed by atoms with Crippen molar-refractivity contribution in [2.75, 3.05) is 38.6 Å². The summed E-state index contributed by atoms with van der Waals surface area (Å²) >= 11 is 5.86. The van der Waals surface area contributed by atoms with Crippen molar-refractivity contribution < 1.29 is 0 Å². The van der Waals surface area contributed by atoms with Gasteiger partial charge >= 0.3 is 0 Å². The van der Waals surface area contributed by atoms with E-state index in [1.165, 1.54) is 0 Å². The first-order chi connectivity index (χ1) is 8.56. The Kier molecular flexibility index (Phi) is 6.36. The molecule has 0 saturated carbocycles. The molecule has 0 N–H and O–H groups in total. The lowest BCUT2D eigenvalue weighted by molar-refractivity contribution is 0.411. The molecule has 1 aromatic heterocycles. The van der Waals surface area contributed by atoms with Crippen LogP contribution in [0.3, 0.4) is 0 Å². The lowest BCUT2D eigenvalue weighted by Crippen LogP contribution is -2.33. The Balaban J connectivity index is 2.86. The van der Waals surface area contributed by atoms with Crippen LogP contribution in [-0.4, -0.2) is 48.6 Å². The zero-order chi connectivity index (χ0) is 13.5. The predicted molar refractivity (Wildman–Crippen MR) is 77.4 cm³/mol. The number of aryl methyl sites for hydroxylation is 1. The van der Waals surface area contributed by atoms with Gasteiger partial charge in [0.15, 0.2) is 0 Å². The Labute approximate surface area is 115 Å². The van der Waals surface area contributed by atoms with E-state index >= 15 is 0 Å². The molecule has 0 aliphatic heterocycles. The third kappa shape index (κ3) is 4.78. The van der Waals surface area contributed by atoms with Crippen LogP contribution in [0.5, 0.6) is 0 Å². The molecule has 0 atom stereocenters. The monoisotopic (exact) mass is 270 g/mol. The second kappa shape index (κ2) is 7.54. The standard InChI is InChI=1S/C13H23ClN4/c1-5-6-18(8-7-17(3)4)13-15-11(2)9-12(10-14)16-13/h9H,5-8,10H2,1-4H3. The van der Waals surface area contributed by atoms with Gasteiger partial charge in [0.2, 0.25) is 5.95 Å². The SMILES string of the molecule is CCCN(CCN(C)C)c1nc(C)cc(CCl)n1. The third-order valence-corrected chi connectivity index (χ3v) is 2.90. The molecule has 1 rings (SSSR count). The van der Waals surface area contributed by atoms with Gasteiger partial charge in [0.05, 0.1) is 11.6 Å². The van der Waals surface area contributed by atoms with Crippen LogP contribution in [-0.2, 0) is 5.88 Å². The number of alkyl halides is 1. The van der Waals surface area contributed by atoms with Gasteiger partial charge in [0.1, 0.15) is 0 Å². The van der Waals surface area contributed by atoms with Crippen molar-refractivity contribution in [3.8, 4) is 0 Å². The average Bonchev–Trinajstić information content (AvgIpc) is 2.33. The van der Waals surface area contributed by atoms with Gasteiger partial charge in [0, 0.05) is 25.3 Å². The molecule has 1 heterocycles. The maximum Gasteiger partial charge on any atom is 0.225 e. The molecule has 0 bridgehead atoms. The highest BCUT2D eigenvalue weighted by Crippen LogP contribution is 2.12. The highest BCUT2D eigenvalue weighted by Gasteiger charge is 2.10. The van der Waals surface area contributed by atoms with E-state index in [0.717, 1.165) is 43.4 Å². The number of nitrogens with zero attached hydrogens (tertiary/aromatic N) is 4. The molecule has 0 amide bonds. The maximum absolute atomic E-state index is 5.86. The first-order valence-corrected chi connectivity index (χ1v) is 6.90. The second-order valence-corrected chi connectivity index (χ2v) is 4.99. The summed E-state index contributed by atoms with van der Waals surface area (Å²) in [5.74, 6) is 1.23. The Bertz CT molecular complexity index is 368. The summed E-state index contributed by atoms with van der Waals surface area (Å²) in [6.45, 7) is 7.05. The van der Waals surface area contributed by atoms with Gasteiger partial charge in [0.25, 0.3) is 0 Å². The van der Waals surface area contributed by atoms with Gasteiger partial charge in [-0.25, -0.2) is 9.97 Å². The zero-order valence-electron chi connectivity index (χ0n) is 11.8. The minimum Gasteiger partial charge on any atom is -0.340 e. The summed E-state index contributed by atoms with van der Waals surface area (Å²) in [5, 5.41) is 0. The van der Waals surface area contributed by atoms with Gasteiger partial charge in [-0.1, -0.05) is 6.92 Å². The van der Waals surface area contributed by atoms with Crippen LogP contribution in [0, 0.1) is 6.92 Å². The van der Waals surface area contributed by atoms with Crippen molar-refractivity contribution >= 4 is 17.5 Å². The fourth-order valence-corrected chi connectivity index (χ4v) is 1.87. The molecule has 0 radical (unpaired) electrons. The van der Waals surface area contributed by atoms with Gasteiger partial charge in [-0.05, 0) is 33.5 Å². The molecule has 0 aliphatic carbocycles. The van der Waals surface area contributed by atoms with E-state index in [0.29, 0.717) is 5.88 Å². The summed E-state index contributed by atoms with van der Waals surface area (Å²) in [4.78, 5) is 13.4. The number of anilines is 1. The fraction of sp³-hybridized carbons (Fsp3) is 0.692. The zero-order valence-corrected chi connectivity index (χ0v) is 12.5. The van der Waals surface area contributed by atoms with Crippen LogP contribution in [0.4, 0.5) is 5.95 Å². The van der Waals surface area contributed by atoms with Crippen LogP contribution in [0.2, 0.25) is 0 Å². The molecule has 0 aromatic carbocycles. The van der Waals surface area contributed by atoms with E-state index in [4.69, 9.17) is 11.6 Å². The number of halogens is 1. The summed E-state index contributed by atoms with van der Waals surface area (Å²) in [6, 6.07) is 1.94. The van der Waals surface area contributed by atoms with Crippen molar-refractivity contribution in [1.29, 1.82) is 0 Å². The fourth-order valence-electron chi connectivity index (χ4n) is 1.73. The highest BCUT2D eigenvalue weighted by molar-refractivity contribution is 6.16. The summed E-state index contributed by atoms with van der Waals surface area (Å²) in [6.07, 6.45) is 1.08. The van der Waals surface area contributed by atoms with Gasteiger partial charge in [-0.15, -0.1) is 11.6 Å². The Morgan fingerprint density at radius 1 is 1.17 bits per heavy atom. The van der Waals surface area contributed by atoms with Crippen LogP contribution in [0.15, 0.2) is 6.07 Å². The summed E-state index contributed by atoms with van der Waals surface area (Å²) in [5.41, 5.74) is 1.87. The Morgan fingerprint density at radius 3 is 2.44 bits per heavy atom. The number of aromatic nitrogens is 2. The van der Waals surface area contributed by atoms with Crippen LogP contribution in [0.25, 0.3) is 0 Å². The lowest BCUT2D eigenvalue weighted by atomic mass is 10.3. The van der Waals surface area contributed by atoms with Gasteiger partial charge in [-0.2, -0.15) is 0 Å². The molecular formula is C13H23ClN4. The van der Waals surface area contributed by atoms with Crippen molar-refractivity contribution in [2.24, 2.45) is 0 Å². The van der Waals surface area contributed by atoms with Crippen LogP contribution >= 0.6 is 11.6 Å². The van der Waals surface area contributed by atoms with Crippen LogP contribution < -0.4 is 4.90 Å². The van der Waals surface area contributed by atoms with Crippen molar-refractivity contribution in [3.05, 3.63) is 17.5 Å². The molecule has 0 aliphatic rings. The molecule has 1 aromatic rings. The first-order valence-electron chi connectivity index (χ1n) is 6.37. The minimum atomic E-state index is 0.435. The van der Waals surface area contributed by atoms with E-state index in [2.05, 4.69) is 40.8 Å². The second-order valence-electron chi connectivity index (χ2n) is 4.72. The van der Waals surface area contributed by atoms with Gasteiger partial charge < -0.3 is 9.80 Å². The maximum atomic E-state index is 5.86. The normalized spacial score (nSPS) is 11.0. The molecule has 0 fully saturated rings. The van der Waals surface area contributed by atoms with E-state index in [1.54, 1.807) is 0 Å². The van der Waals surface area contributed by atoms with Crippen molar-refractivity contribution in [3.63, 3.8) is 0 Å².